The van der Waals surface area contributed by atoms with Crippen molar-refractivity contribution in [1.82, 2.24) is 0 Å². The average Bonchev–Trinajstić information content (AvgIpc) is 2.62. The number of hydrogen-bond donors (Lipinski definition) is 1. The van der Waals surface area contributed by atoms with Crippen molar-refractivity contribution in [2.75, 3.05) is 11.9 Å². The molecule has 1 aromatic rings. The van der Waals surface area contributed by atoms with Crippen LogP contribution in [0.5, 0.6) is 0 Å². The van der Waals surface area contributed by atoms with Crippen molar-refractivity contribution in [3.8, 4) is 0 Å². The Morgan fingerprint density at radius 3 is 2.29 bits per heavy atom. The van der Waals surface area contributed by atoms with Gasteiger partial charge in [0.05, 0.1) is 0 Å². The monoisotopic (exact) mass is 233 g/mol. The molecule has 1 heteroatoms. The van der Waals surface area contributed by atoms with Gasteiger partial charge in [0.1, 0.15) is 0 Å². The molecule has 17 heavy (non-hydrogen) atoms. The van der Waals surface area contributed by atoms with E-state index in [1.807, 2.05) is 0 Å². The quantitative estimate of drug-likeness (QED) is 0.686. The van der Waals surface area contributed by atoms with Crippen molar-refractivity contribution < 1.29 is 0 Å². The molecule has 0 saturated heterocycles. The largest absolute Gasteiger partial charge is 0.384 e. The van der Waals surface area contributed by atoms with Gasteiger partial charge < -0.3 is 5.32 Å². The topological polar surface area (TPSA) is 12.0 Å². The molecule has 0 atom stereocenters. The molecule has 1 aliphatic heterocycles. The van der Waals surface area contributed by atoms with Crippen molar-refractivity contribution in [3.05, 3.63) is 28.8 Å². The second kappa shape index (κ2) is 5.57. The molecule has 0 aliphatic carbocycles. The van der Waals surface area contributed by atoms with E-state index in [0.29, 0.717) is 0 Å². The van der Waals surface area contributed by atoms with Gasteiger partial charge in [0.2, 0.25) is 0 Å². The fraction of sp³-hybridized carbons (Fsp3) is 0.625. The maximum atomic E-state index is 3.44. The molecule has 2 rings (SSSR count). The zero-order valence-electron chi connectivity index (χ0n) is 12.3. The van der Waals surface area contributed by atoms with Crippen molar-refractivity contribution in [2.45, 2.75) is 59.8 Å². The van der Waals surface area contributed by atoms with Gasteiger partial charge in [-0.15, -0.1) is 0 Å². The predicted molar refractivity (Wildman–Crippen MR) is 78.0 cm³/mol. The Balaban J connectivity index is 0.000000437. The average molecular weight is 233 g/mol. The minimum Gasteiger partial charge on any atom is -0.384 e. The van der Waals surface area contributed by atoms with Gasteiger partial charge in [-0.2, -0.15) is 0 Å². The van der Waals surface area contributed by atoms with Crippen LogP contribution in [0.3, 0.4) is 0 Å². The van der Waals surface area contributed by atoms with Crippen molar-refractivity contribution in [1.29, 1.82) is 0 Å². The van der Waals surface area contributed by atoms with Crippen LogP contribution in [0.2, 0.25) is 0 Å². The Morgan fingerprint density at radius 1 is 1.18 bits per heavy atom. The van der Waals surface area contributed by atoms with Crippen LogP contribution in [0.1, 0.15) is 57.7 Å². The van der Waals surface area contributed by atoms with Gasteiger partial charge in [-0.3, -0.25) is 0 Å². The lowest BCUT2D eigenvalue weighted by molar-refractivity contribution is 0.586. The highest BCUT2D eigenvalue weighted by Crippen LogP contribution is 2.32. The Bertz CT molecular complexity index is 372. The zero-order chi connectivity index (χ0) is 13.1. The molecule has 0 unspecified atom stereocenters. The van der Waals surface area contributed by atoms with Gasteiger partial charge in [0.25, 0.3) is 0 Å². The molecule has 0 bridgehead atoms. The van der Waals surface area contributed by atoms with E-state index in [1.54, 1.807) is 0 Å². The number of hydrogen-bond acceptors (Lipinski definition) is 1. The number of rotatable bonds is 0. The van der Waals surface area contributed by atoms with Crippen LogP contribution in [0, 0.1) is 6.92 Å². The van der Waals surface area contributed by atoms with E-state index in [1.165, 1.54) is 35.2 Å². The molecule has 0 saturated carbocycles. The molecule has 1 aliphatic rings. The lowest BCUT2D eigenvalue weighted by atomic mass is 9.83. The van der Waals surface area contributed by atoms with E-state index in [0.717, 1.165) is 6.54 Å². The summed E-state index contributed by atoms with van der Waals surface area (Å²) in [5.41, 5.74) is 5.98. The first-order chi connectivity index (χ1) is 7.90. The number of nitrogens with one attached hydrogen (secondary N) is 1. The Hall–Kier alpha value is -0.980. The molecule has 0 amide bonds. The fourth-order valence-electron chi connectivity index (χ4n) is 2.28. The molecule has 0 radical (unpaired) electrons. The third-order valence-electron chi connectivity index (χ3n) is 2.97. The van der Waals surface area contributed by atoms with Crippen LogP contribution in [-0.2, 0) is 11.8 Å². The fourth-order valence-corrected chi connectivity index (χ4v) is 2.28. The Kier molecular flexibility index (Phi) is 4.62. The minimum atomic E-state index is 0.253. The van der Waals surface area contributed by atoms with Crippen molar-refractivity contribution in [2.24, 2.45) is 0 Å². The normalized spacial score (nSPS) is 13.5. The van der Waals surface area contributed by atoms with Crippen LogP contribution < -0.4 is 5.32 Å². The number of anilines is 1. The summed E-state index contributed by atoms with van der Waals surface area (Å²) in [6.45, 7) is 14.4. The first-order valence-corrected chi connectivity index (χ1v) is 6.78. The van der Waals surface area contributed by atoms with Gasteiger partial charge >= 0.3 is 0 Å². The standard InChI is InChI=1S/C13H19N.C3H8/c1-9-7-10-5-6-14-12(10)8-11(9)13(2,3)4;1-3-2/h7-8,14H,5-6H2,1-4H3;3H2,1-2H3. The second-order valence-electron chi connectivity index (χ2n) is 5.96. The molecule has 1 heterocycles. The van der Waals surface area contributed by atoms with Gasteiger partial charge in [-0.1, -0.05) is 47.1 Å². The van der Waals surface area contributed by atoms with Gasteiger partial charge in [-0.05, 0) is 41.5 Å². The molecule has 0 spiro atoms. The smallest absolute Gasteiger partial charge is 0.0376 e. The molecule has 1 N–H and O–H groups in total. The molecular weight excluding hydrogens is 206 g/mol. The summed E-state index contributed by atoms with van der Waals surface area (Å²) in [6.07, 6.45) is 2.43. The SMILES string of the molecule is CCC.Cc1cc2c(cc1C(C)(C)C)NCC2. The van der Waals surface area contributed by atoms with E-state index in [-0.39, 0.29) is 5.41 Å². The number of fused-ring (bicyclic) bond motifs is 1. The van der Waals surface area contributed by atoms with E-state index in [9.17, 15) is 0 Å². The molecular formula is C16H27N. The van der Waals surface area contributed by atoms with Crippen molar-refractivity contribution in [3.63, 3.8) is 0 Å². The third-order valence-corrected chi connectivity index (χ3v) is 2.97. The first-order valence-electron chi connectivity index (χ1n) is 6.78. The molecule has 0 aromatic heterocycles. The maximum absolute atomic E-state index is 3.44. The van der Waals surface area contributed by atoms with E-state index in [2.05, 4.69) is 59.0 Å². The number of benzene rings is 1. The van der Waals surface area contributed by atoms with E-state index in [4.69, 9.17) is 0 Å². The van der Waals surface area contributed by atoms with Gasteiger partial charge in [0.15, 0.2) is 0 Å². The van der Waals surface area contributed by atoms with E-state index < -0.39 is 0 Å². The van der Waals surface area contributed by atoms with Crippen molar-refractivity contribution >= 4 is 5.69 Å². The Labute approximate surface area is 107 Å². The summed E-state index contributed by atoms with van der Waals surface area (Å²) in [5, 5.41) is 3.44. The Morgan fingerprint density at radius 2 is 1.76 bits per heavy atom. The maximum Gasteiger partial charge on any atom is 0.0376 e. The van der Waals surface area contributed by atoms with Gasteiger partial charge in [0, 0.05) is 12.2 Å². The highest BCUT2D eigenvalue weighted by Gasteiger charge is 2.20. The predicted octanol–water partition coefficient (Wildman–Crippen LogP) is 4.68. The summed E-state index contributed by atoms with van der Waals surface area (Å²) < 4.78 is 0. The first kappa shape index (κ1) is 14.1. The summed E-state index contributed by atoms with van der Waals surface area (Å²) in [7, 11) is 0. The number of aryl methyl sites for hydroxylation is 1. The molecule has 1 nitrogen and oxygen atoms in total. The summed E-state index contributed by atoms with van der Waals surface area (Å²) in [5.74, 6) is 0. The van der Waals surface area contributed by atoms with Crippen LogP contribution in [0.25, 0.3) is 0 Å². The lowest BCUT2D eigenvalue weighted by Gasteiger charge is -2.22. The highest BCUT2D eigenvalue weighted by atomic mass is 14.9. The second-order valence-corrected chi connectivity index (χ2v) is 5.96. The lowest BCUT2D eigenvalue weighted by Crippen LogP contribution is -2.13. The minimum absolute atomic E-state index is 0.253. The summed E-state index contributed by atoms with van der Waals surface area (Å²) in [6, 6.07) is 4.67. The van der Waals surface area contributed by atoms with Crippen LogP contribution >= 0.6 is 0 Å². The molecule has 1 aromatic carbocycles. The molecule has 0 fully saturated rings. The van der Waals surface area contributed by atoms with Gasteiger partial charge in [-0.25, -0.2) is 0 Å². The highest BCUT2D eigenvalue weighted by molar-refractivity contribution is 5.60. The van der Waals surface area contributed by atoms with Crippen LogP contribution in [-0.4, -0.2) is 6.54 Å². The third kappa shape index (κ3) is 3.49. The van der Waals surface area contributed by atoms with E-state index >= 15 is 0 Å². The van der Waals surface area contributed by atoms with Crippen LogP contribution in [0.15, 0.2) is 12.1 Å². The molecule has 96 valence electrons. The summed E-state index contributed by atoms with van der Waals surface area (Å²) in [4.78, 5) is 0. The van der Waals surface area contributed by atoms with Crippen LogP contribution in [0.4, 0.5) is 5.69 Å². The summed E-state index contributed by atoms with van der Waals surface area (Å²) >= 11 is 0. The zero-order valence-corrected chi connectivity index (χ0v) is 12.3.